The van der Waals surface area contributed by atoms with Gasteiger partial charge in [-0.05, 0) is 19.4 Å². The van der Waals surface area contributed by atoms with E-state index in [-0.39, 0.29) is 6.42 Å². The van der Waals surface area contributed by atoms with Crippen molar-refractivity contribution in [1.29, 1.82) is 0 Å². The number of primary amides is 1. The molecular formula is C14H19N3O4. The van der Waals surface area contributed by atoms with Crippen molar-refractivity contribution in [2.45, 2.75) is 31.8 Å². The van der Waals surface area contributed by atoms with Crippen molar-refractivity contribution in [1.82, 2.24) is 10.6 Å². The Morgan fingerprint density at radius 2 is 1.81 bits per heavy atom. The third-order valence-corrected chi connectivity index (χ3v) is 2.74. The first-order valence-corrected chi connectivity index (χ1v) is 6.36. The summed E-state index contributed by atoms with van der Waals surface area (Å²) < 4.78 is 0. The Labute approximate surface area is 122 Å². The number of nitrogens with two attached hydrogens (primary N) is 1. The molecule has 3 amide bonds. The Morgan fingerprint density at radius 1 is 1.24 bits per heavy atom. The van der Waals surface area contributed by atoms with Crippen LogP contribution < -0.4 is 16.4 Å². The average Bonchev–Trinajstić information content (AvgIpc) is 2.34. The number of benzene rings is 1. The van der Waals surface area contributed by atoms with Crippen LogP contribution in [-0.4, -0.2) is 28.6 Å². The molecule has 7 heteroatoms. The van der Waals surface area contributed by atoms with Gasteiger partial charge in [0, 0.05) is 5.54 Å². The van der Waals surface area contributed by atoms with Crippen LogP contribution in [0.4, 0.5) is 4.79 Å². The largest absolute Gasteiger partial charge is 0.481 e. The Balaban J connectivity index is 2.91. The van der Waals surface area contributed by atoms with Gasteiger partial charge >= 0.3 is 12.0 Å². The van der Waals surface area contributed by atoms with Crippen molar-refractivity contribution in [3.63, 3.8) is 0 Å². The number of aliphatic carboxylic acids is 1. The van der Waals surface area contributed by atoms with Crippen molar-refractivity contribution < 1.29 is 19.5 Å². The lowest BCUT2D eigenvalue weighted by atomic mass is 9.98. The molecule has 0 aliphatic heterocycles. The van der Waals surface area contributed by atoms with Crippen molar-refractivity contribution in [2.75, 3.05) is 0 Å². The number of hydrogen-bond acceptors (Lipinski definition) is 3. The zero-order valence-electron chi connectivity index (χ0n) is 11.9. The SMILES string of the molecule is CC(C)(CC(=O)O)NC(=O)C(NC(N)=O)c1ccccc1. The van der Waals surface area contributed by atoms with Crippen LogP contribution >= 0.6 is 0 Å². The molecule has 5 N–H and O–H groups in total. The fourth-order valence-electron chi connectivity index (χ4n) is 1.92. The van der Waals surface area contributed by atoms with E-state index in [9.17, 15) is 14.4 Å². The number of rotatable bonds is 6. The summed E-state index contributed by atoms with van der Waals surface area (Å²) in [5.74, 6) is -1.55. The molecule has 7 nitrogen and oxygen atoms in total. The molecule has 1 rings (SSSR count). The Hall–Kier alpha value is -2.57. The summed E-state index contributed by atoms with van der Waals surface area (Å²) >= 11 is 0. The van der Waals surface area contributed by atoms with Crippen LogP contribution in [0, 0.1) is 0 Å². The second kappa shape index (κ2) is 6.74. The molecule has 1 aromatic rings. The smallest absolute Gasteiger partial charge is 0.313 e. The highest BCUT2D eigenvalue weighted by Gasteiger charge is 2.29. The van der Waals surface area contributed by atoms with Crippen LogP contribution in [0.25, 0.3) is 0 Å². The fraction of sp³-hybridized carbons (Fsp3) is 0.357. The van der Waals surface area contributed by atoms with E-state index in [1.54, 1.807) is 44.2 Å². The lowest BCUT2D eigenvalue weighted by Gasteiger charge is -2.27. The lowest BCUT2D eigenvalue weighted by molar-refractivity contribution is -0.138. The highest BCUT2D eigenvalue weighted by atomic mass is 16.4. The average molecular weight is 293 g/mol. The minimum atomic E-state index is -1.03. The summed E-state index contributed by atoms with van der Waals surface area (Å²) in [6.07, 6.45) is -0.239. The molecule has 0 saturated carbocycles. The van der Waals surface area contributed by atoms with Crippen LogP contribution in [0.2, 0.25) is 0 Å². The summed E-state index contributed by atoms with van der Waals surface area (Å²) in [5, 5.41) is 13.8. The zero-order chi connectivity index (χ0) is 16.0. The summed E-state index contributed by atoms with van der Waals surface area (Å²) in [4.78, 5) is 34.1. The highest BCUT2D eigenvalue weighted by molar-refractivity contribution is 5.88. The third kappa shape index (κ3) is 5.52. The van der Waals surface area contributed by atoms with Crippen LogP contribution in [-0.2, 0) is 9.59 Å². The van der Waals surface area contributed by atoms with Gasteiger partial charge in [-0.2, -0.15) is 0 Å². The molecule has 1 unspecified atom stereocenters. The van der Waals surface area contributed by atoms with E-state index >= 15 is 0 Å². The van der Waals surface area contributed by atoms with Crippen LogP contribution in [0.15, 0.2) is 30.3 Å². The predicted octanol–water partition coefficient (Wildman–Crippen LogP) is 0.766. The molecular weight excluding hydrogens is 274 g/mol. The number of carboxylic acids is 1. The van der Waals surface area contributed by atoms with Crippen molar-refractivity contribution >= 4 is 17.9 Å². The molecule has 1 aromatic carbocycles. The second-order valence-corrected chi connectivity index (χ2v) is 5.30. The summed E-state index contributed by atoms with van der Waals surface area (Å²) in [5.41, 5.74) is 4.70. The number of amides is 3. The van der Waals surface area contributed by atoms with Gasteiger partial charge in [0.05, 0.1) is 6.42 Å². The topological polar surface area (TPSA) is 122 Å². The number of carboxylic acid groups (broad SMARTS) is 1. The van der Waals surface area contributed by atoms with Crippen molar-refractivity contribution in [3.05, 3.63) is 35.9 Å². The van der Waals surface area contributed by atoms with Gasteiger partial charge in [0.1, 0.15) is 6.04 Å². The van der Waals surface area contributed by atoms with Crippen LogP contribution in [0.5, 0.6) is 0 Å². The van der Waals surface area contributed by atoms with E-state index in [0.29, 0.717) is 5.56 Å². The van der Waals surface area contributed by atoms with E-state index in [0.717, 1.165) is 0 Å². The molecule has 0 radical (unpaired) electrons. The molecule has 0 heterocycles. The van der Waals surface area contributed by atoms with Crippen LogP contribution in [0.3, 0.4) is 0 Å². The normalized spacial score (nSPS) is 12.3. The van der Waals surface area contributed by atoms with Crippen LogP contribution in [0.1, 0.15) is 31.9 Å². The molecule has 0 fully saturated rings. The van der Waals surface area contributed by atoms with Gasteiger partial charge in [-0.25, -0.2) is 4.79 Å². The lowest BCUT2D eigenvalue weighted by Crippen LogP contribution is -2.50. The maximum atomic E-state index is 12.3. The summed E-state index contributed by atoms with van der Waals surface area (Å²) in [7, 11) is 0. The second-order valence-electron chi connectivity index (χ2n) is 5.30. The molecule has 0 spiro atoms. The molecule has 0 bridgehead atoms. The van der Waals surface area contributed by atoms with Gasteiger partial charge in [-0.3, -0.25) is 9.59 Å². The molecule has 21 heavy (non-hydrogen) atoms. The monoisotopic (exact) mass is 293 g/mol. The standard InChI is InChI=1S/C14H19N3O4/c1-14(2,8-10(18)19)17-12(20)11(16-13(15)21)9-6-4-3-5-7-9/h3-7,11H,8H2,1-2H3,(H,17,20)(H,18,19)(H3,15,16,21). The maximum absolute atomic E-state index is 12.3. The summed E-state index contributed by atoms with van der Waals surface area (Å²) in [6, 6.07) is 6.75. The van der Waals surface area contributed by atoms with Gasteiger partial charge in [0.2, 0.25) is 5.91 Å². The highest BCUT2D eigenvalue weighted by Crippen LogP contribution is 2.16. The van der Waals surface area contributed by atoms with Crippen molar-refractivity contribution in [3.8, 4) is 0 Å². The Bertz CT molecular complexity index is 528. The molecule has 0 saturated heterocycles. The minimum absolute atomic E-state index is 0.239. The molecule has 114 valence electrons. The molecule has 1 atom stereocenters. The van der Waals surface area contributed by atoms with Gasteiger partial charge in [-0.1, -0.05) is 30.3 Å². The maximum Gasteiger partial charge on any atom is 0.313 e. The van der Waals surface area contributed by atoms with E-state index in [4.69, 9.17) is 10.8 Å². The zero-order valence-corrected chi connectivity index (χ0v) is 11.9. The van der Waals surface area contributed by atoms with E-state index in [1.807, 2.05) is 0 Å². The summed E-state index contributed by atoms with van der Waals surface area (Å²) in [6.45, 7) is 3.18. The van der Waals surface area contributed by atoms with E-state index in [1.165, 1.54) is 0 Å². The van der Waals surface area contributed by atoms with Gasteiger partial charge < -0.3 is 21.5 Å². The van der Waals surface area contributed by atoms with Gasteiger partial charge in [0.15, 0.2) is 0 Å². The first-order valence-electron chi connectivity index (χ1n) is 6.36. The number of carbonyl (C=O) groups excluding carboxylic acids is 2. The van der Waals surface area contributed by atoms with E-state index in [2.05, 4.69) is 10.6 Å². The fourth-order valence-corrected chi connectivity index (χ4v) is 1.92. The first kappa shape index (κ1) is 16.5. The van der Waals surface area contributed by atoms with E-state index < -0.39 is 29.5 Å². The Kier molecular flexibility index (Phi) is 5.29. The first-order chi connectivity index (χ1) is 9.71. The number of urea groups is 1. The van der Waals surface area contributed by atoms with Crippen molar-refractivity contribution in [2.24, 2.45) is 5.73 Å². The minimum Gasteiger partial charge on any atom is -0.481 e. The molecule has 0 aromatic heterocycles. The van der Waals surface area contributed by atoms with Gasteiger partial charge in [-0.15, -0.1) is 0 Å². The molecule has 0 aliphatic carbocycles. The Morgan fingerprint density at radius 3 is 2.29 bits per heavy atom. The molecule has 0 aliphatic rings. The number of hydrogen-bond donors (Lipinski definition) is 4. The quantitative estimate of drug-likeness (QED) is 0.618. The van der Waals surface area contributed by atoms with Gasteiger partial charge in [0.25, 0.3) is 0 Å². The number of nitrogens with one attached hydrogen (secondary N) is 2. The predicted molar refractivity (Wildman–Crippen MR) is 76.4 cm³/mol. The number of carbonyl (C=O) groups is 3. The third-order valence-electron chi connectivity index (χ3n) is 2.74.